The molecule has 0 aliphatic heterocycles. The Kier molecular flexibility index (Phi) is 3.55. The fourth-order valence-corrected chi connectivity index (χ4v) is 2.04. The molecule has 2 nitrogen and oxygen atoms in total. The van der Waals surface area contributed by atoms with Crippen molar-refractivity contribution in [3.05, 3.63) is 65.5 Å². The van der Waals surface area contributed by atoms with E-state index in [-0.39, 0.29) is 5.92 Å². The van der Waals surface area contributed by atoms with Gasteiger partial charge in [0.2, 0.25) is 0 Å². The molecule has 2 atom stereocenters. The molecular formula is C15H17NO. The van der Waals surface area contributed by atoms with E-state index < -0.39 is 6.10 Å². The van der Waals surface area contributed by atoms with Crippen LogP contribution in [0, 0.1) is 6.92 Å². The molecule has 0 amide bonds. The molecule has 2 unspecified atom stereocenters. The number of hydrogen-bond acceptors (Lipinski definition) is 2. The highest BCUT2D eigenvalue weighted by molar-refractivity contribution is 5.31. The number of rotatable bonds is 3. The number of benzene rings is 1. The molecule has 2 aromatic rings. The zero-order valence-electron chi connectivity index (χ0n) is 10.2. The van der Waals surface area contributed by atoms with E-state index in [1.807, 2.05) is 50.2 Å². The second kappa shape index (κ2) is 5.11. The maximum Gasteiger partial charge on any atom is 0.0858 e. The van der Waals surface area contributed by atoms with E-state index in [4.69, 9.17) is 0 Å². The van der Waals surface area contributed by atoms with Crippen LogP contribution in [0.1, 0.15) is 35.6 Å². The Bertz CT molecular complexity index is 481. The number of aliphatic hydroxyl groups is 1. The smallest absolute Gasteiger partial charge is 0.0858 e. The Morgan fingerprint density at radius 3 is 2.35 bits per heavy atom. The van der Waals surface area contributed by atoms with Crippen LogP contribution in [0.5, 0.6) is 0 Å². The third kappa shape index (κ3) is 2.53. The first-order valence-corrected chi connectivity index (χ1v) is 5.83. The number of nitrogens with zero attached hydrogens (tertiary/aromatic N) is 1. The third-order valence-electron chi connectivity index (χ3n) is 3.21. The van der Waals surface area contributed by atoms with Crippen LogP contribution in [0.25, 0.3) is 0 Å². The number of aryl methyl sites for hydroxylation is 1. The summed E-state index contributed by atoms with van der Waals surface area (Å²) in [6.45, 7) is 4.06. The van der Waals surface area contributed by atoms with Crippen molar-refractivity contribution in [2.45, 2.75) is 25.9 Å². The maximum absolute atomic E-state index is 10.4. The quantitative estimate of drug-likeness (QED) is 0.873. The van der Waals surface area contributed by atoms with Gasteiger partial charge in [-0.2, -0.15) is 0 Å². The predicted molar refractivity (Wildman–Crippen MR) is 68.8 cm³/mol. The molecule has 0 spiro atoms. The second-order valence-corrected chi connectivity index (χ2v) is 4.37. The minimum Gasteiger partial charge on any atom is -0.388 e. The lowest BCUT2D eigenvalue weighted by atomic mass is 9.89. The summed E-state index contributed by atoms with van der Waals surface area (Å²) in [6.07, 6.45) is 3.05. The fourth-order valence-electron chi connectivity index (χ4n) is 2.04. The van der Waals surface area contributed by atoms with Gasteiger partial charge in [-0.05, 0) is 35.7 Å². The molecule has 0 aliphatic carbocycles. The zero-order valence-corrected chi connectivity index (χ0v) is 10.2. The van der Waals surface area contributed by atoms with Gasteiger partial charge >= 0.3 is 0 Å². The molecule has 1 aromatic carbocycles. The van der Waals surface area contributed by atoms with E-state index in [0.29, 0.717) is 0 Å². The summed E-state index contributed by atoms with van der Waals surface area (Å²) < 4.78 is 0. The number of hydrogen-bond donors (Lipinski definition) is 1. The van der Waals surface area contributed by atoms with Crippen molar-refractivity contribution >= 4 is 0 Å². The number of aromatic nitrogens is 1. The molecule has 1 heterocycles. The Morgan fingerprint density at radius 2 is 1.71 bits per heavy atom. The van der Waals surface area contributed by atoms with E-state index in [2.05, 4.69) is 4.98 Å². The second-order valence-electron chi connectivity index (χ2n) is 4.37. The lowest BCUT2D eigenvalue weighted by Gasteiger charge is -2.21. The van der Waals surface area contributed by atoms with Gasteiger partial charge in [0.05, 0.1) is 6.10 Å². The van der Waals surface area contributed by atoms with Crippen molar-refractivity contribution in [3.63, 3.8) is 0 Å². The first-order chi connectivity index (χ1) is 8.20. The van der Waals surface area contributed by atoms with Gasteiger partial charge in [0.15, 0.2) is 0 Å². The highest BCUT2D eigenvalue weighted by Crippen LogP contribution is 2.31. The van der Waals surface area contributed by atoms with Crippen molar-refractivity contribution in [1.29, 1.82) is 0 Å². The van der Waals surface area contributed by atoms with E-state index in [0.717, 1.165) is 16.7 Å². The van der Waals surface area contributed by atoms with E-state index in [9.17, 15) is 5.11 Å². The van der Waals surface area contributed by atoms with Crippen molar-refractivity contribution in [1.82, 2.24) is 4.98 Å². The Labute approximate surface area is 102 Å². The van der Waals surface area contributed by atoms with Crippen LogP contribution in [-0.2, 0) is 0 Å². The Morgan fingerprint density at radius 1 is 1.06 bits per heavy atom. The fraction of sp³-hybridized carbons (Fsp3) is 0.267. The summed E-state index contributed by atoms with van der Waals surface area (Å²) in [4.78, 5) is 4.00. The summed E-state index contributed by atoms with van der Waals surface area (Å²) in [7, 11) is 0. The molecule has 0 fully saturated rings. The summed E-state index contributed by atoms with van der Waals surface area (Å²) in [5.41, 5.74) is 3.23. The van der Waals surface area contributed by atoms with Crippen molar-refractivity contribution in [2.24, 2.45) is 0 Å². The molecule has 0 radical (unpaired) electrons. The standard InChI is InChI=1S/C15H17NO/c1-11-5-3-4-6-14(11)15(17)12(2)13-7-9-16-10-8-13/h3-10,12,15,17H,1-2H3. The zero-order chi connectivity index (χ0) is 12.3. The van der Waals surface area contributed by atoms with Crippen LogP contribution in [0.4, 0.5) is 0 Å². The Balaban J connectivity index is 2.27. The topological polar surface area (TPSA) is 33.1 Å². The average molecular weight is 227 g/mol. The minimum absolute atomic E-state index is 0.0686. The molecule has 17 heavy (non-hydrogen) atoms. The van der Waals surface area contributed by atoms with Gasteiger partial charge in [-0.25, -0.2) is 0 Å². The van der Waals surface area contributed by atoms with Crippen LogP contribution in [0.15, 0.2) is 48.8 Å². The van der Waals surface area contributed by atoms with Crippen molar-refractivity contribution in [2.75, 3.05) is 0 Å². The lowest BCUT2D eigenvalue weighted by molar-refractivity contribution is 0.151. The molecule has 0 saturated heterocycles. The summed E-state index contributed by atoms with van der Waals surface area (Å²) in [5, 5.41) is 10.4. The van der Waals surface area contributed by atoms with Gasteiger partial charge in [-0.15, -0.1) is 0 Å². The SMILES string of the molecule is Cc1ccccc1C(O)C(C)c1ccncc1. The van der Waals surface area contributed by atoms with Gasteiger partial charge in [-0.3, -0.25) is 4.98 Å². The van der Waals surface area contributed by atoms with Crippen LogP contribution in [-0.4, -0.2) is 10.1 Å². The molecular weight excluding hydrogens is 210 g/mol. The van der Waals surface area contributed by atoms with E-state index in [1.165, 1.54) is 0 Å². The van der Waals surface area contributed by atoms with Crippen LogP contribution in [0.2, 0.25) is 0 Å². The van der Waals surface area contributed by atoms with Gasteiger partial charge in [0.1, 0.15) is 0 Å². The third-order valence-corrected chi connectivity index (χ3v) is 3.21. The lowest BCUT2D eigenvalue weighted by Crippen LogP contribution is -2.09. The van der Waals surface area contributed by atoms with Crippen molar-refractivity contribution in [3.8, 4) is 0 Å². The van der Waals surface area contributed by atoms with E-state index >= 15 is 0 Å². The molecule has 1 N–H and O–H groups in total. The van der Waals surface area contributed by atoms with Crippen LogP contribution < -0.4 is 0 Å². The number of pyridine rings is 1. The van der Waals surface area contributed by atoms with Gasteiger partial charge in [-0.1, -0.05) is 31.2 Å². The highest BCUT2D eigenvalue weighted by Gasteiger charge is 2.19. The maximum atomic E-state index is 10.4. The first-order valence-electron chi connectivity index (χ1n) is 5.83. The molecule has 0 bridgehead atoms. The summed E-state index contributed by atoms with van der Waals surface area (Å²) in [6, 6.07) is 11.9. The summed E-state index contributed by atoms with van der Waals surface area (Å²) in [5.74, 6) is 0.0686. The highest BCUT2D eigenvalue weighted by atomic mass is 16.3. The van der Waals surface area contributed by atoms with E-state index in [1.54, 1.807) is 12.4 Å². The predicted octanol–water partition coefficient (Wildman–Crippen LogP) is 3.23. The largest absolute Gasteiger partial charge is 0.388 e. The Hall–Kier alpha value is -1.67. The molecule has 2 rings (SSSR count). The van der Waals surface area contributed by atoms with Gasteiger partial charge < -0.3 is 5.11 Å². The number of aliphatic hydroxyl groups excluding tert-OH is 1. The monoisotopic (exact) mass is 227 g/mol. The molecule has 0 saturated carbocycles. The average Bonchev–Trinajstić information content (AvgIpc) is 2.39. The molecule has 88 valence electrons. The van der Waals surface area contributed by atoms with Crippen LogP contribution in [0.3, 0.4) is 0 Å². The molecule has 2 heteroatoms. The summed E-state index contributed by atoms with van der Waals surface area (Å²) >= 11 is 0. The van der Waals surface area contributed by atoms with Crippen LogP contribution >= 0.6 is 0 Å². The van der Waals surface area contributed by atoms with Gasteiger partial charge in [0, 0.05) is 18.3 Å². The molecule has 0 aliphatic rings. The minimum atomic E-state index is -0.474. The normalized spacial score (nSPS) is 14.3. The first kappa shape index (κ1) is 11.8. The van der Waals surface area contributed by atoms with Gasteiger partial charge in [0.25, 0.3) is 0 Å². The molecule has 1 aromatic heterocycles. The van der Waals surface area contributed by atoms with Crippen molar-refractivity contribution < 1.29 is 5.11 Å².